The Bertz CT molecular complexity index is 956. The van der Waals surface area contributed by atoms with Crippen LogP contribution in [0.2, 0.25) is 0 Å². The number of nitrogens with zero attached hydrogens (tertiary/aromatic N) is 4. The van der Waals surface area contributed by atoms with Gasteiger partial charge in [0.1, 0.15) is 12.4 Å². The Labute approximate surface area is 162 Å². The molecule has 2 aromatic rings. The third-order valence-corrected chi connectivity index (χ3v) is 4.44. The Morgan fingerprint density at radius 3 is 2.71 bits per heavy atom. The highest BCUT2D eigenvalue weighted by atomic mass is 16.6. The number of anilines is 1. The van der Waals surface area contributed by atoms with Crippen molar-refractivity contribution in [2.75, 3.05) is 11.6 Å². The molecular formula is C20H21N5O3. The molecule has 2 heterocycles. The van der Waals surface area contributed by atoms with Gasteiger partial charge < -0.3 is 4.74 Å². The first-order valence-electron chi connectivity index (χ1n) is 9.11. The van der Waals surface area contributed by atoms with Crippen molar-refractivity contribution in [2.24, 2.45) is 11.0 Å². The fourth-order valence-electron chi connectivity index (χ4n) is 3.21. The summed E-state index contributed by atoms with van der Waals surface area (Å²) in [6, 6.07) is 15.5. The van der Waals surface area contributed by atoms with Crippen LogP contribution in [0.1, 0.15) is 25.0 Å². The molecule has 0 saturated carbocycles. The molecule has 2 aromatic carbocycles. The number of ether oxygens (including phenoxy) is 1. The van der Waals surface area contributed by atoms with Crippen molar-refractivity contribution in [3.05, 3.63) is 75.5 Å². The molecule has 0 saturated heterocycles. The first-order chi connectivity index (χ1) is 13.5. The van der Waals surface area contributed by atoms with Gasteiger partial charge in [0.2, 0.25) is 5.84 Å². The fourth-order valence-corrected chi connectivity index (χ4v) is 3.21. The van der Waals surface area contributed by atoms with E-state index in [2.05, 4.69) is 24.5 Å². The second kappa shape index (κ2) is 7.32. The van der Waals surface area contributed by atoms with Gasteiger partial charge in [-0.25, -0.2) is 10.5 Å². The maximum atomic E-state index is 11.6. The van der Waals surface area contributed by atoms with Crippen LogP contribution in [0.15, 0.2) is 59.3 Å². The van der Waals surface area contributed by atoms with E-state index < -0.39 is 4.92 Å². The molecule has 0 fully saturated rings. The molecule has 0 unspecified atom stereocenters. The van der Waals surface area contributed by atoms with Crippen LogP contribution in [0.25, 0.3) is 6.08 Å². The summed E-state index contributed by atoms with van der Waals surface area (Å²) in [5.41, 5.74) is 5.43. The predicted molar refractivity (Wildman–Crippen MR) is 107 cm³/mol. The molecule has 2 aliphatic rings. The Morgan fingerprint density at radius 1 is 1.21 bits per heavy atom. The van der Waals surface area contributed by atoms with Gasteiger partial charge >= 0.3 is 5.70 Å². The molecule has 0 aliphatic carbocycles. The van der Waals surface area contributed by atoms with Gasteiger partial charge in [-0.15, -0.1) is 10.2 Å². The van der Waals surface area contributed by atoms with Crippen molar-refractivity contribution in [3.8, 4) is 5.75 Å². The minimum Gasteiger partial charge on any atom is -0.489 e. The summed E-state index contributed by atoms with van der Waals surface area (Å²) >= 11 is 0. The minimum absolute atomic E-state index is 0.0496. The molecule has 28 heavy (non-hydrogen) atoms. The molecule has 4 rings (SSSR count). The lowest BCUT2D eigenvalue weighted by molar-refractivity contribution is -0.413. The van der Waals surface area contributed by atoms with E-state index >= 15 is 0 Å². The predicted octanol–water partition coefficient (Wildman–Crippen LogP) is 3.41. The molecule has 144 valence electrons. The Morgan fingerprint density at radius 2 is 2.00 bits per heavy atom. The summed E-state index contributed by atoms with van der Waals surface area (Å²) in [4.78, 5) is 11.2. The normalized spacial score (nSPS) is 15.5. The van der Waals surface area contributed by atoms with E-state index in [4.69, 9.17) is 4.74 Å². The number of nitro groups is 1. The summed E-state index contributed by atoms with van der Waals surface area (Å²) in [7, 11) is 0. The van der Waals surface area contributed by atoms with Crippen molar-refractivity contribution in [3.63, 3.8) is 0 Å². The number of amidine groups is 1. The number of fused-ring (bicyclic) bond motifs is 3. The van der Waals surface area contributed by atoms with E-state index in [0.717, 1.165) is 11.3 Å². The standard InChI is InChI=1S/C20H21N5O3/c1-14(2)12-23-22-21-20-19(25(26)27)11-16-10-17(8-9-18(16)24(20)23)28-13-15-6-4-3-5-7-15/h3-11,14,22H,12-13H2,1-2H3. The molecule has 0 radical (unpaired) electrons. The topological polar surface area (TPSA) is 83.2 Å². The van der Waals surface area contributed by atoms with Crippen molar-refractivity contribution in [1.82, 2.24) is 10.7 Å². The van der Waals surface area contributed by atoms with E-state index in [1.54, 1.807) is 16.2 Å². The average Bonchev–Trinajstić information content (AvgIpc) is 3.09. The van der Waals surface area contributed by atoms with Crippen LogP contribution < -0.4 is 15.3 Å². The Balaban J connectivity index is 1.64. The first kappa shape index (κ1) is 18.0. The van der Waals surface area contributed by atoms with Crippen LogP contribution in [0.3, 0.4) is 0 Å². The molecule has 0 spiro atoms. The second-order valence-electron chi connectivity index (χ2n) is 7.10. The lowest BCUT2D eigenvalue weighted by Gasteiger charge is -2.32. The lowest BCUT2D eigenvalue weighted by Crippen LogP contribution is -2.49. The van der Waals surface area contributed by atoms with Gasteiger partial charge in [-0.3, -0.25) is 10.1 Å². The van der Waals surface area contributed by atoms with Crippen LogP contribution in [0.5, 0.6) is 5.75 Å². The molecular weight excluding hydrogens is 358 g/mol. The van der Waals surface area contributed by atoms with Gasteiger partial charge in [-0.1, -0.05) is 44.2 Å². The van der Waals surface area contributed by atoms with Crippen LogP contribution in [0.4, 0.5) is 5.69 Å². The van der Waals surface area contributed by atoms with Crippen molar-refractivity contribution < 1.29 is 9.66 Å². The molecule has 1 N–H and O–H groups in total. The highest BCUT2D eigenvalue weighted by Crippen LogP contribution is 2.35. The fraction of sp³-hybridized carbons (Fsp3) is 0.250. The molecule has 0 atom stereocenters. The van der Waals surface area contributed by atoms with Gasteiger partial charge in [0.15, 0.2) is 0 Å². The third kappa shape index (κ3) is 3.41. The monoisotopic (exact) mass is 379 g/mol. The van der Waals surface area contributed by atoms with E-state index in [1.807, 2.05) is 48.5 Å². The van der Waals surface area contributed by atoms with Crippen LogP contribution >= 0.6 is 0 Å². The maximum absolute atomic E-state index is 11.6. The molecule has 8 heteroatoms. The summed E-state index contributed by atoms with van der Waals surface area (Å²) in [6.07, 6.45) is 1.54. The number of rotatable bonds is 6. The SMILES string of the molecule is CC(C)CN1NN=C2C([N+](=O)[O-])=Cc3cc(OCc4ccccc4)ccc3N21. The Hall–Kier alpha value is -3.39. The summed E-state index contributed by atoms with van der Waals surface area (Å²) in [5, 5.41) is 19.3. The highest BCUT2D eigenvalue weighted by molar-refractivity contribution is 6.14. The zero-order valence-corrected chi connectivity index (χ0v) is 15.7. The third-order valence-electron chi connectivity index (χ3n) is 4.44. The lowest BCUT2D eigenvalue weighted by atomic mass is 10.1. The minimum atomic E-state index is -0.410. The van der Waals surface area contributed by atoms with Crippen LogP contribution in [-0.4, -0.2) is 22.4 Å². The van der Waals surface area contributed by atoms with Crippen molar-refractivity contribution >= 4 is 17.6 Å². The van der Waals surface area contributed by atoms with E-state index in [9.17, 15) is 10.1 Å². The number of nitrogens with one attached hydrogen (secondary N) is 1. The number of hydrazone groups is 1. The smallest absolute Gasteiger partial charge is 0.315 e. The van der Waals surface area contributed by atoms with E-state index in [1.165, 1.54) is 0 Å². The van der Waals surface area contributed by atoms with E-state index in [-0.39, 0.29) is 11.5 Å². The molecule has 2 aliphatic heterocycles. The van der Waals surface area contributed by atoms with E-state index in [0.29, 0.717) is 30.4 Å². The molecule has 8 nitrogen and oxygen atoms in total. The second-order valence-corrected chi connectivity index (χ2v) is 7.10. The highest BCUT2D eigenvalue weighted by Gasteiger charge is 2.40. The first-order valence-corrected chi connectivity index (χ1v) is 9.11. The summed E-state index contributed by atoms with van der Waals surface area (Å²) in [6.45, 7) is 5.25. The largest absolute Gasteiger partial charge is 0.489 e. The quantitative estimate of drug-likeness (QED) is 0.612. The number of hydrogen-bond donors (Lipinski definition) is 1. The maximum Gasteiger partial charge on any atom is 0.315 e. The van der Waals surface area contributed by atoms with Crippen molar-refractivity contribution in [2.45, 2.75) is 20.5 Å². The zero-order chi connectivity index (χ0) is 19.7. The van der Waals surface area contributed by atoms with Crippen LogP contribution in [0, 0.1) is 16.0 Å². The van der Waals surface area contributed by atoms with Gasteiger partial charge in [0.25, 0.3) is 0 Å². The molecule has 0 aromatic heterocycles. The van der Waals surface area contributed by atoms with Gasteiger partial charge in [-0.05, 0) is 29.7 Å². The number of hydrogen-bond acceptors (Lipinski definition) is 7. The Kier molecular flexibility index (Phi) is 4.70. The number of hydrazine groups is 2. The van der Waals surface area contributed by atoms with Gasteiger partial charge in [0, 0.05) is 18.2 Å². The summed E-state index contributed by atoms with van der Waals surface area (Å²) < 4.78 is 5.88. The van der Waals surface area contributed by atoms with Crippen molar-refractivity contribution in [1.29, 1.82) is 0 Å². The van der Waals surface area contributed by atoms with Gasteiger partial charge in [-0.2, -0.15) is 0 Å². The molecule has 0 amide bonds. The molecule has 0 bridgehead atoms. The zero-order valence-electron chi connectivity index (χ0n) is 15.7. The van der Waals surface area contributed by atoms with Crippen LogP contribution in [-0.2, 0) is 6.61 Å². The summed E-state index contributed by atoms with van der Waals surface area (Å²) in [5.74, 6) is 1.30. The number of benzene rings is 2. The average molecular weight is 379 g/mol. The van der Waals surface area contributed by atoms with Gasteiger partial charge in [0.05, 0.1) is 10.6 Å².